The molecule has 166 valence electrons. The van der Waals surface area contributed by atoms with Crippen molar-refractivity contribution in [3.8, 4) is 0 Å². The van der Waals surface area contributed by atoms with E-state index < -0.39 is 0 Å². The van der Waals surface area contributed by atoms with E-state index in [1.54, 1.807) is 0 Å². The Morgan fingerprint density at radius 3 is 1.25 bits per heavy atom. The Balaban J connectivity index is 3.57. The van der Waals surface area contributed by atoms with Gasteiger partial charge in [0.25, 0.3) is 0 Å². The van der Waals surface area contributed by atoms with Crippen molar-refractivity contribution in [2.24, 2.45) is 11.8 Å². The molecule has 4 heteroatoms. The van der Waals surface area contributed by atoms with E-state index in [4.69, 9.17) is 0 Å². The highest BCUT2D eigenvalue weighted by Gasteiger charge is 2.15. The number of hydrogen-bond donors (Lipinski definition) is 2. The number of nitrogens with one attached hydrogen (secondary N) is 2. The van der Waals surface area contributed by atoms with Gasteiger partial charge in [0.05, 0.1) is 0 Å². The predicted molar refractivity (Wildman–Crippen MR) is 120 cm³/mol. The summed E-state index contributed by atoms with van der Waals surface area (Å²) >= 11 is 0. The minimum atomic E-state index is 0.199. The third-order valence-electron chi connectivity index (χ3n) is 5.74. The van der Waals surface area contributed by atoms with Crippen LogP contribution in [0.1, 0.15) is 118 Å². The summed E-state index contributed by atoms with van der Waals surface area (Å²) in [7, 11) is 0. The second-order valence-corrected chi connectivity index (χ2v) is 8.20. The Hall–Kier alpha value is -1.06. The molecule has 0 radical (unpaired) electrons. The zero-order valence-electron chi connectivity index (χ0n) is 19.3. The van der Waals surface area contributed by atoms with Crippen LogP contribution in [0.15, 0.2) is 0 Å². The summed E-state index contributed by atoms with van der Waals surface area (Å²) in [6, 6.07) is 0. The average Bonchev–Trinajstić information content (AvgIpc) is 2.70. The fourth-order valence-electron chi connectivity index (χ4n) is 3.61. The van der Waals surface area contributed by atoms with Gasteiger partial charge in [-0.2, -0.15) is 0 Å². The van der Waals surface area contributed by atoms with E-state index in [2.05, 4.69) is 38.3 Å². The van der Waals surface area contributed by atoms with E-state index in [9.17, 15) is 9.59 Å². The molecule has 0 aliphatic rings. The maximum atomic E-state index is 12.1. The van der Waals surface area contributed by atoms with Crippen LogP contribution in [0.3, 0.4) is 0 Å². The molecule has 0 aliphatic carbocycles. The molecule has 2 unspecified atom stereocenters. The lowest BCUT2D eigenvalue weighted by Crippen LogP contribution is -2.31. The number of hydrogen-bond acceptors (Lipinski definition) is 2. The third-order valence-corrected chi connectivity index (χ3v) is 5.74. The Morgan fingerprint density at radius 2 is 0.929 bits per heavy atom. The van der Waals surface area contributed by atoms with Gasteiger partial charge in [0.15, 0.2) is 0 Å². The molecule has 0 aromatic carbocycles. The van der Waals surface area contributed by atoms with Crippen LogP contribution in [0.25, 0.3) is 0 Å². The fraction of sp³-hybridized carbons (Fsp3) is 0.917. The monoisotopic (exact) mass is 396 g/mol. The summed E-state index contributed by atoms with van der Waals surface area (Å²) in [4.78, 5) is 24.2. The van der Waals surface area contributed by atoms with Crippen molar-refractivity contribution < 1.29 is 9.59 Å². The highest BCUT2D eigenvalue weighted by molar-refractivity contribution is 5.78. The average molecular weight is 397 g/mol. The van der Waals surface area contributed by atoms with Crippen LogP contribution in [-0.4, -0.2) is 24.9 Å². The molecule has 2 atom stereocenters. The van der Waals surface area contributed by atoms with E-state index in [0.29, 0.717) is 0 Å². The van der Waals surface area contributed by atoms with Gasteiger partial charge in [-0.05, 0) is 38.5 Å². The molecule has 28 heavy (non-hydrogen) atoms. The van der Waals surface area contributed by atoms with Crippen molar-refractivity contribution in [3.63, 3.8) is 0 Å². The van der Waals surface area contributed by atoms with E-state index in [-0.39, 0.29) is 23.7 Å². The number of carbonyl (C=O) groups is 2. The van der Waals surface area contributed by atoms with E-state index in [0.717, 1.165) is 77.3 Å². The van der Waals surface area contributed by atoms with Gasteiger partial charge >= 0.3 is 0 Å². The van der Waals surface area contributed by atoms with Crippen molar-refractivity contribution in [2.45, 2.75) is 118 Å². The molecule has 0 saturated heterocycles. The van der Waals surface area contributed by atoms with Gasteiger partial charge in [0.2, 0.25) is 11.8 Å². The van der Waals surface area contributed by atoms with Crippen molar-refractivity contribution in [1.29, 1.82) is 0 Å². The molecule has 0 aliphatic heterocycles. The van der Waals surface area contributed by atoms with Gasteiger partial charge in [-0.15, -0.1) is 0 Å². The number of carbonyl (C=O) groups excluding carboxylic acids is 2. The Labute approximate surface area is 175 Å². The molecule has 0 aromatic rings. The number of rotatable bonds is 19. The smallest absolute Gasteiger partial charge is 0.223 e. The second kappa shape index (κ2) is 19.3. The van der Waals surface area contributed by atoms with Gasteiger partial charge in [0, 0.05) is 24.9 Å². The summed E-state index contributed by atoms with van der Waals surface area (Å²) in [6.07, 6.45) is 15.5. The van der Waals surface area contributed by atoms with Gasteiger partial charge in [-0.25, -0.2) is 0 Å². The van der Waals surface area contributed by atoms with Crippen LogP contribution >= 0.6 is 0 Å². The molecule has 0 aromatic heterocycles. The maximum Gasteiger partial charge on any atom is 0.223 e. The van der Waals surface area contributed by atoms with Crippen LogP contribution in [0.2, 0.25) is 0 Å². The molecule has 0 rings (SSSR count). The second-order valence-electron chi connectivity index (χ2n) is 8.20. The summed E-state index contributed by atoms with van der Waals surface area (Å²) in [5, 5.41) is 6.22. The van der Waals surface area contributed by atoms with E-state index >= 15 is 0 Å². The molecule has 0 spiro atoms. The Bertz CT molecular complexity index is 349. The molecule has 0 saturated carbocycles. The largest absolute Gasteiger partial charge is 0.356 e. The van der Waals surface area contributed by atoms with Gasteiger partial charge in [-0.3, -0.25) is 9.59 Å². The van der Waals surface area contributed by atoms with Crippen LogP contribution in [-0.2, 0) is 9.59 Å². The van der Waals surface area contributed by atoms with Gasteiger partial charge < -0.3 is 10.6 Å². The topological polar surface area (TPSA) is 58.2 Å². The molecule has 2 amide bonds. The maximum absolute atomic E-state index is 12.1. The third kappa shape index (κ3) is 14.0. The molecule has 4 nitrogen and oxygen atoms in total. The summed E-state index contributed by atoms with van der Waals surface area (Å²) in [5.41, 5.74) is 0. The highest BCUT2D eigenvalue weighted by Crippen LogP contribution is 2.13. The van der Waals surface area contributed by atoms with E-state index in [1.165, 1.54) is 25.7 Å². The van der Waals surface area contributed by atoms with Crippen molar-refractivity contribution in [3.05, 3.63) is 0 Å². The minimum Gasteiger partial charge on any atom is -0.356 e. The Morgan fingerprint density at radius 1 is 0.571 bits per heavy atom. The summed E-state index contributed by atoms with van der Waals surface area (Å²) in [5.74, 6) is 0.890. The lowest BCUT2D eigenvalue weighted by Gasteiger charge is -2.14. The first kappa shape index (κ1) is 26.9. The molecule has 0 fully saturated rings. The highest BCUT2D eigenvalue weighted by atomic mass is 16.2. The van der Waals surface area contributed by atoms with Crippen LogP contribution in [0.5, 0.6) is 0 Å². The van der Waals surface area contributed by atoms with Crippen molar-refractivity contribution in [2.75, 3.05) is 13.1 Å². The van der Waals surface area contributed by atoms with Crippen LogP contribution in [0, 0.1) is 11.8 Å². The Kier molecular flexibility index (Phi) is 18.5. The minimum absolute atomic E-state index is 0.199. The van der Waals surface area contributed by atoms with Crippen LogP contribution in [0.4, 0.5) is 0 Å². The SMILES string of the molecule is CCCCC(CC)C(=O)NCCCCCCCCNC(=O)C(CC)CCCC. The van der Waals surface area contributed by atoms with E-state index in [1.807, 2.05) is 0 Å². The van der Waals surface area contributed by atoms with Gasteiger partial charge in [-0.1, -0.05) is 79.1 Å². The lowest BCUT2D eigenvalue weighted by atomic mass is 9.98. The molecule has 2 N–H and O–H groups in total. The first-order valence-corrected chi connectivity index (χ1v) is 12.2. The fourth-order valence-corrected chi connectivity index (χ4v) is 3.61. The zero-order valence-corrected chi connectivity index (χ0v) is 19.3. The first-order valence-electron chi connectivity index (χ1n) is 12.2. The lowest BCUT2D eigenvalue weighted by molar-refractivity contribution is -0.126. The molecular formula is C24H48N2O2. The zero-order chi connectivity index (χ0) is 21.0. The summed E-state index contributed by atoms with van der Waals surface area (Å²) in [6.45, 7) is 10.2. The molecular weight excluding hydrogens is 348 g/mol. The normalized spacial score (nSPS) is 13.1. The predicted octanol–water partition coefficient (Wildman–Crippen LogP) is 5.99. The first-order chi connectivity index (χ1) is 13.6. The quantitative estimate of drug-likeness (QED) is 0.263. The molecule has 0 heterocycles. The van der Waals surface area contributed by atoms with Crippen LogP contribution < -0.4 is 10.6 Å². The van der Waals surface area contributed by atoms with Gasteiger partial charge in [0.1, 0.15) is 0 Å². The number of amides is 2. The van der Waals surface area contributed by atoms with Crippen molar-refractivity contribution >= 4 is 11.8 Å². The summed E-state index contributed by atoms with van der Waals surface area (Å²) < 4.78 is 0. The standard InChI is InChI=1S/C24H48N2O2/c1-5-9-17-21(7-3)23(27)25-19-15-13-11-12-14-16-20-26-24(28)22(8-4)18-10-6-2/h21-22H,5-20H2,1-4H3,(H,25,27)(H,26,28). The number of unbranched alkanes of at least 4 members (excludes halogenated alkanes) is 7. The van der Waals surface area contributed by atoms with Crippen molar-refractivity contribution in [1.82, 2.24) is 10.6 Å². The molecule has 0 bridgehead atoms.